The van der Waals surface area contributed by atoms with Gasteiger partial charge in [-0.1, -0.05) is 18.2 Å². The normalized spacial score (nSPS) is 10.3. The lowest BCUT2D eigenvalue weighted by molar-refractivity contribution is 0.840. The van der Waals surface area contributed by atoms with Gasteiger partial charge in [0.05, 0.1) is 11.9 Å². The zero-order chi connectivity index (χ0) is 9.26. The lowest BCUT2D eigenvalue weighted by atomic mass is 10.2. The van der Waals surface area contributed by atoms with Crippen LogP contribution in [0.2, 0.25) is 0 Å². The number of para-hydroxylation sites is 1. The average Bonchev–Trinajstić information content (AvgIpc) is 2.52. The molecule has 0 fully saturated rings. The molecule has 2 aromatic rings. The Hall–Kier alpha value is -1.57. The number of nitrogens with zero attached hydrogens (tertiary/aromatic N) is 2. The first-order valence-corrected chi connectivity index (χ1v) is 4.27. The quantitative estimate of drug-likeness (QED) is 0.643. The van der Waals surface area contributed by atoms with E-state index in [0.717, 1.165) is 11.4 Å². The molecule has 1 aromatic heterocycles. The van der Waals surface area contributed by atoms with Gasteiger partial charge in [0.25, 0.3) is 0 Å². The van der Waals surface area contributed by atoms with E-state index in [1.807, 2.05) is 23.7 Å². The molecule has 0 amide bonds. The summed E-state index contributed by atoms with van der Waals surface area (Å²) in [6.07, 6.45) is 1.70. The zero-order valence-electron chi connectivity index (χ0n) is 7.78. The van der Waals surface area contributed by atoms with Gasteiger partial charge in [0.1, 0.15) is 0 Å². The lowest BCUT2D eigenvalue weighted by Gasteiger charge is -2.06. The molecule has 0 bridgehead atoms. The van der Waals surface area contributed by atoms with Gasteiger partial charge in [0.15, 0.2) is 0 Å². The van der Waals surface area contributed by atoms with Gasteiger partial charge in [-0.25, -0.2) is 4.68 Å². The second-order valence-corrected chi connectivity index (χ2v) is 3.07. The van der Waals surface area contributed by atoms with Crippen molar-refractivity contribution >= 4 is 0 Å². The van der Waals surface area contributed by atoms with E-state index in [2.05, 4.69) is 30.2 Å². The summed E-state index contributed by atoms with van der Waals surface area (Å²) in [5.74, 6) is 0. The number of hydrogen-bond donors (Lipinski definition) is 0. The van der Waals surface area contributed by atoms with E-state index >= 15 is 0 Å². The van der Waals surface area contributed by atoms with E-state index in [-0.39, 0.29) is 0 Å². The van der Waals surface area contributed by atoms with Crippen LogP contribution in [0, 0.1) is 19.9 Å². The van der Waals surface area contributed by atoms with Crippen LogP contribution in [0.4, 0.5) is 0 Å². The summed E-state index contributed by atoms with van der Waals surface area (Å²) in [7, 11) is 0. The Morgan fingerprint density at radius 3 is 2.62 bits per heavy atom. The smallest absolute Gasteiger partial charge is 0.0678 e. The Morgan fingerprint density at radius 1 is 1.23 bits per heavy atom. The minimum Gasteiger partial charge on any atom is -0.237 e. The summed E-state index contributed by atoms with van der Waals surface area (Å²) in [4.78, 5) is 0. The van der Waals surface area contributed by atoms with E-state index in [4.69, 9.17) is 0 Å². The van der Waals surface area contributed by atoms with Crippen LogP contribution in [0.1, 0.15) is 11.3 Å². The van der Waals surface area contributed by atoms with Crippen molar-refractivity contribution in [2.24, 2.45) is 0 Å². The molecule has 0 aliphatic carbocycles. The van der Waals surface area contributed by atoms with Gasteiger partial charge in [-0.05, 0) is 25.5 Å². The highest BCUT2D eigenvalue weighted by atomic mass is 15.3. The number of aryl methyl sites for hydroxylation is 2. The molecule has 0 atom stereocenters. The minimum absolute atomic E-state index is 1.04. The molecule has 2 heteroatoms. The van der Waals surface area contributed by atoms with Crippen molar-refractivity contribution in [3.05, 3.63) is 47.8 Å². The highest BCUT2D eigenvalue weighted by Crippen LogP contribution is 2.13. The second-order valence-electron chi connectivity index (χ2n) is 3.07. The zero-order valence-corrected chi connectivity index (χ0v) is 7.78. The topological polar surface area (TPSA) is 17.8 Å². The van der Waals surface area contributed by atoms with Crippen molar-refractivity contribution in [2.75, 3.05) is 0 Å². The van der Waals surface area contributed by atoms with Crippen molar-refractivity contribution in [1.82, 2.24) is 9.78 Å². The predicted octanol–water partition coefficient (Wildman–Crippen LogP) is 2.29. The molecular weight excluding hydrogens is 160 g/mol. The van der Waals surface area contributed by atoms with Crippen LogP contribution >= 0.6 is 0 Å². The van der Waals surface area contributed by atoms with Crippen LogP contribution in [0.5, 0.6) is 0 Å². The maximum atomic E-state index is 4.21. The lowest BCUT2D eigenvalue weighted by Crippen LogP contribution is -2.00. The summed E-state index contributed by atoms with van der Waals surface area (Å²) in [6, 6.07) is 11.2. The third-order valence-corrected chi connectivity index (χ3v) is 2.11. The van der Waals surface area contributed by atoms with Crippen LogP contribution < -0.4 is 0 Å². The number of aromatic nitrogens is 2. The van der Waals surface area contributed by atoms with Crippen LogP contribution in [-0.2, 0) is 0 Å². The van der Waals surface area contributed by atoms with Gasteiger partial charge in [-0.2, -0.15) is 5.10 Å². The summed E-state index contributed by atoms with van der Waals surface area (Å²) in [5.41, 5.74) is 3.39. The van der Waals surface area contributed by atoms with Gasteiger partial charge in [0, 0.05) is 11.8 Å². The number of rotatable bonds is 1. The molecule has 0 aliphatic rings. The van der Waals surface area contributed by atoms with Crippen molar-refractivity contribution in [3.8, 4) is 5.69 Å². The van der Waals surface area contributed by atoms with Crippen LogP contribution in [0.15, 0.2) is 30.5 Å². The fraction of sp³-hybridized carbons (Fsp3) is 0.182. The molecule has 1 aromatic carbocycles. The molecule has 0 N–H and O–H groups in total. The predicted molar refractivity (Wildman–Crippen MR) is 51.9 cm³/mol. The minimum atomic E-state index is 1.04. The monoisotopic (exact) mass is 171 g/mol. The molecule has 2 nitrogen and oxygen atoms in total. The molecule has 0 unspecified atom stereocenters. The summed E-state index contributed by atoms with van der Waals surface area (Å²) in [6.45, 7) is 4.08. The first-order chi connectivity index (χ1) is 6.29. The molecule has 13 heavy (non-hydrogen) atoms. The standard InChI is InChI=1S/C11H11N2/c1-9-5-3-4-6-11(9)13-10(2)7-8-12-13/h3-6,8H,1-2H3. The van der Waals surface area contributed by atoms with Crippen molar-refractivity contribution in [2.45, 2.75) is 13.8 Å². The maximum absolute atomic E-state index is 4.21. The first kappa shape index (κ1) is 8.05. The summed E-state index contributed by atoms with van der Waals surface area (Å²) in [5, 5.41) is 4.21. The summed E-state index contributed by atoms with van der Waals surface area (Å²) >= 11 is 0. The van der Waals surface area contributed by atoms with Gasteiger partial charge >= 0.3 is 0 Å². The SMILES string of the molecule is Cc1ccccc1-n1nc[c]c1C. The maximum Gasteiger partial charge on any atom is 0.0678 e. The molecule has 0 saturated heterocycles. The molecule has 0 spiro atoms. The molecule has 1 radical (unpaired) electrons. The highest BCUT2D eigenvalue weighted by Gasteiger charge is 2.02. The molecule has 1 heterocycles. The fourth-order valence-corrected chi connectivity index (χ4v) is 1.37. The summed E-state index contributed by atoms with van der Waals surface area (Å²) < 4.78 is 1.90. The van der Waals surface area contributed by atoms with Crippen LogP contribution in [0.3, 0.4) is 0 Å². The molecule has 2 rings (SSSR count). The Labute approximate surface area is 77.8 Å². The third-order valence-electron chi connectivity index (χ3n) is 2.11. The van der Waals surface area contributed by atoms with E-state index in [0.29, 0.717) is 0 Å². The first-order valence-electron chi connectivity index (χ1n) is 4.27. The number of hydrogen-bond acceptors (Lipinski definition) is 1. The van der Waals surface area contributed by atoms with Crippen LogP contribution in [-0.4, -0.2) is 9.78 Å². The van der Waals surface area contributed by atoms with E-state index < -0.39 is 0 Å². The van der Waals surface area contributed by atoms with Crippen molar-refractivity contribution in [3.63, 3.8) is 0 Å². The van der Waals surface area contributed by atoms with Crippen molar-refractivity contribution < 1.29 is 0 Å². The average molecular weight is 171 g/mol. The van der Waals surface area contributed by atoms with E-state index in [1.54, 1.807) is 6.20 Å². The van der Waals surface area contributed by atoms with Gasteiger partial charge < -0.3 is 0 Å². The third kappa shape index (κ3) is 1.35. The van der Waals surface area contributed by atoms with E-state index in [1.165, 1.54) is 5.56 Å². The molecular formula is C11H11N2. The molecule has 65 valence electrons. The van der Waals surface area contributed by atoms with Gasteiger partial charge in [-0.15, -0.1) is 0 Å². The Bertz CT molecular complexity index is 416. The van der Waals surface area contributed by atoms with E-state index in [9.17, 15) is 0 Å². The Morgan fingerprint density at radius 2 is 2.00 bits per heavy atom. The van der Waals surface area contributed by atoms with Crippen LogP contribution in [0.25, 0.3) is 5.69 Å². The van der Waals surface area contributed by atoms with Gasteiger partial charge in [0.2, 0.25) is 0 Å². The largest absolute Gasteiger partial charge is 0.237 e. The molecule has 0 aliphatic heterocycles. The fourth-order valence-electron chi connectivity index (χ4n) is 1.37. The Kier molecular flexibility index (Phi) is 1.89. The van der Waals surface area contributed by atoms with Gasteiger partial charge in [-0.3, -0.25) is 0 Å². The van der Waals surface area contributed by atoms with Crippen molar-refractivity contribution in [1.29, 1.82) is 0 Å². The second kappa shape index (κ2) is 3.05. The Balaban J connectivity index is 2.59. The number of benzene rings is 1. The molecule has 0 saturated carbocycles. The highest BCUT2D eigenvalue weighted by molar-refractivity contribution is 5.40.